The van der Waals surface area contributed by atoms with Crippen LogP contribution in [-0.4, -0.2) is 18.6 Å². The molecule has 0 fully saturated rings. The van der Waals surface area contributed by atoms with Gasteiger partial charge in [-0.3, -0.25) is 0 Å². The molecule has 0 spiro atoms. The van der Waals surface area contributed by atoms with E-state index in [4.69, 9.17) is 11.1 Å². The van der Waals surface area contributed by atoms with Crippen LogP contribution in [-0.2, 0) is 0 Å². The van der Waals surface area contributed by atoms with E-state index < -0.39 is 11.0 Å². The zero-order valence-corrected chi connectivity index (χ0v) is 26.1. The van der Waals surface area contributed by atoms with Crippen LogP contribution in [0.1, 0.15) is 145 Å². The van der Waals surface area contributed by atoms with Crippen LogP contribution in [0.15, 0.2) is 15.4 Å². The molecule has 0 aliphatic heterocycles. The van der Waals surface area contributed by atoms with Crippen molar-refractivity contribution in [1.29, 1.82) is 0 Å². The van der Waals surface area contributed by atoms with E-state index in [1.54, 1.807) is 0 Å². The van der Waals surface area contributed by atoms with E-state index in [9.17, 15) is 4.91 Å². The number of azide groups is 2. The molecule has 0 heterocycles. The van der Waals surface area contributed by atoms with Crippen LogP contribution >= 0.6 is 0 Å². The first kappa shape index (κ1) is 36.2. The van der Waals surface area contributed by atoms with Crippen molar-refractivity contribution in [2.24, 2.45) is 44.0 Å². The van der Waals surface area contributed by atoms with Gasteiger partial charge in [-0.2, -0.15) is 4.91 Å². The molecule has 4 unspecified atom stereocenters. The van der Waals surface area contributed by atoms with Crippen molar-refractivity contribution in [3.63, 3.8) is 0 Å². The lowest BCUT2D eigenvalue weighted by Crippen LogP contribution is -2.49. The Morgan fingerprint density at radius 2 is 1.39 bits per heavy atom. The van der Waals surface area contributed by atoms with Gasteiger partial charge in [0.1, 0.15) is 5.54 Å². The summed E-state index contributed by atoms with van der Waals surface area (Å²) in [6.45, 7) is 18.7. The second kappa shape index (κ2) is 19.3. The van der Waals surface area contributed by atoms with E-state index in [2.05, 4.69) is 80.6 Å². The molecule has 0 radical (unpaired) electrons. The first-order valence-electron chi connectivity index (χ1n) is 15.4. The number of rotatable bonds is 24. The maximum Gasteiger partial charge on any atom is 0.108 e. The summed E-state index contributed by atoms with van der Waals surface area (Å²) in [4.78, 5) is 18.6. The zero-order valence-electron chi connectivity index (χ0n) is 26.1. The molecule has 0 rings (SSSR count). The van der Waals surface area contributed by atoms with Gasteiger partial charge in [-0.1, -0.05) is 129 Å². The van der Waals surface area contributed by atoms with Gasteiger partial charge < -0.3 is 0 Å². The fourth-order valence-electron chi connectivity index (χ4n) is 6.23. The largest absolute Gasteiger partial charge is 0.150 e. The normalized spacial score (nSPS) is 16.6. The van der Waals surface area contributed by atoms with Crippen LogP contribution in [0, 0.1) is 33.5 Å². The molecule has 0 aliphatic carbocycles. The molecular weight excluding hydrogens is 474 g/mol. The Morgan fingerprint density at radius 1 is 0.763 bits per heavy atom. The van der Waals surface area contributed by atoms with Crippen LogP contribution < -0.4 is 0 Å². The molecule has 0 aromatic heterocycles. The summed E-state index contributed by atoms with van der Waals surface area (Å²) < 4.78 is 0. The lowest BCUT2D eigenvalue weighted by molar-refractivity contribution is 0.0664. The third kappa shape index (κ3) is 11.1. The van der Waals surface area contributed by atoms with Crippen LogP contribution in [0.4, 0.5) is 0 Å². The Hall–Kier alpha value is -1.78. The molecule has 0 saturated carbocycles. The SMILES string of the molecule is CCCC(CN=[N+]=[N-])C(CC)CCCCCCCC(CC)(N=O)C(CC)(CCC(C)(C)C(C)C)CN=[N+]=[N-]. The van der Waals surface area contributed by atoms with Crippen molar-refractivity contribution in [2.45, 2.75) is 151 Å². The Morgan fingerprint density at radius 3 is 1.89 bits per heavy atom. The number of nitrogens with zero attached hydrogens (tertiary/aromatic N) is 7. The molecule has 8 nitrogen and oxygen atoms in total. The second-order valence-electron chi connectivity index (χ2n) is 12.6. The fraction of sp³-hybridized carbons (Fsp3) is 1.00. The first-order chi connectivity index (χ1) is 18.1. The fourth-order valence-corrected chi connectivity index (χ4v) is 6.23. The minimum Gasteiger partial charge on any atom is -0.150 e. The molecule has 0 aromatic carbocycles. The molecule has 4 atom stereocenters. The number of hydrogen-bond acceptors (Lipinski definition) is 4. The highest BCUT2D eigenvalue weighted by Crippen LogP contribution is 2.50. The van der Waals surface area contributed by atoms with Crippen LogP contribution in [0.3, 0.4) is 0 Å². The van der Waals surface area contributed by atoms with Crippen molar-refractivity contribution in [3.05, 3.63) is 25.8 Å². The van der Waals surface area contributed by atoms with Crippen LogP contribution in [0.25, 0.3) is 20.9 Å². The van der Waals surface area contributed by atoms with Crippen molar-refractivity contribution in [1.82, 2.24) is 0 Å². The van der Waals surface area contributed by atoms with E-state index in [1.165, 1.54) is 19.3 Å². The van der Waals surface area contributed by atoms with Gasteiger partial charge in [0.25, 0.3) is 0 Å². The van der Waals surface area contributed by atoms with Crippen molar-refractivity contribution < 1.29 is 0 Å². The van der Waals surface area contributed by atoms with E-state index in [-0.39, 0.29) is 5.41 Å². The first-order valence-corrected chi connectivity index (χ1v) is 15.4. The predicted octanol–water partition coefficient (Wildman–Crippen LogP) is 11.6. The molecule has 0 amide bonds. The molecule has 0 saturated heterocycles. The molecule has 220 valence electrons. The maximum absolute atomic E-state index is 12.5. The Bertz CT molecular complexity index is 743. The summed E-state index contributed by atoms with van der Waals surface area (Å²) in [5.41, 5.74) is 16.9. The van der Waals surface area contributed by atoms with E-state index >= 15 is 0 Å². The van der Waals surface area contributed by atoms with Crippen molar-refractivity contribution in [3.8, 4) is 0 Å². The summed E-state index contributed by atoms with van der Waals surface area (Å²) in [5, 5.41) is 11.7. The predicted molar refractivity (Wildman–Crippen MR) is 162 cm³/mol. The van der Waals surface area contributed by atoms with Crippen molar-refractivity contribution in [2.75, 3.05) is 13.1 Å². The summed E-state index contributed by atoms with van der Waals surface area (Å²) in [5.74, 6) is 1.64. The maximum atomic E-state index is 12.5. The van der Waals surface area contributed by atoms with Gasteiger partial charge in [0.15, 0.2) is 0 Å². The molecule has 8 heteroatoms. The molecule has 0 N–H and O–H groups in total. The molecule has 0 bridgehead atoms. The third-order valence-corrected chi connectivity index (χ3v) is 10.1. The minimum absolute atomic E-state index is 0.145. The van der Waals surface area contributed by atoms with Gasteiger partial charge >= 0.3 is 0 Å². The van der Waals surface area contributed by atoms with E-state index in [0.29, 0.717) is 37.3 Å². The Labute approximate surface area is 233 Å². The lowest BCUT2D eigenvalue weighted by Gasteiger charge is -2.47. The summed E-state index contributed by atoms with van der Waals surface area (Å²) in [7, 11) is 0. The average molecular weight is 534 g/mol. The number of unbranched alkanes of at least 4 members (excludes halogenated alkanes) is 4. The second-order valence-corrected chi connectivity index (χ2v) is 12.6. The Kier molecular flexibility index (Phi) is 18.4. The van der Waals surface area contributed by atoms with Crippen molar-refractivity contribution >= 4 is 0 Å². The average Bonchev–Trinajstić information content (AvgIpc) is 2.91. The molecule has 0 aromatic rings. The topological polar surface area (TPSA) is 127 Å². The number of hydrogen-bond donors (Lipinski definition) is 0. The summed E-state index contributed by atoms with van der Waals surface area (Å²) >= 11 is 0. The molecule has 38 heavy (non-hydrogen) atoms. The quantitative estimate of drug-likeness (QED) is 0.0395. The third-order valence-electron chi connectivity index (χ3n) is 10.1. The standard InChI is InChI=1S/C30H59N7O/c1-9-18-27(23-33-36-31)26(10-2)19-16-14-13-15-17-20-30(12-4,35-38)29(11-3,24-34-37-32)22-21-28(7,8)25(5)6/h25-27H,9-24H2,1-8H3. The summed E-state index contributed by atoms with van der Waals surface area (Å²) in [6, 6.07) is 0. The Balaban J connectivity index is 5.18. The van der Waals surface area contributed by atoms with Crippen LogP contribution in [0.5, 0.6) is 0 Å². The lowest BCUT2D eigenvalue weighted by atomic mass is 9.60. The smallest absolute Gasteiger partial charge is 0.108 e. The van der Waals surface area contributed by atoms with Gasteiger partial charge in [-0.25, -0.2) is 0 Å². The van der Waals surface area contributed by atoms with Gasteiger partial charge in [0, 0.05) is 28.3 Å². The minimum atomic E-state index is -0.703. The molecular formula is C30H59N7O. The van der Waals surface area contributed by atoms with Gasteiger partial charge in [0.05, 0.1) is 0 Å². The van der Waals surface area contributed by atoms with Gasteiger partial charge in [-0.15, -0.1) is 0 Å². The van der Waals surface area contributed by atoms with Gasteiger partial charge in [-0.05, 0) is 66.3 Å². The van der Waals surface area contributed by atoms with Crippen LogP contribution in [0.2, 0.25) is 0 Å². The highest BCUT2D eigenvalue weighted by molar-refractivity contribution is 5.05. The number of nitroso groups, excluding NO2 is 1. The van der Waals surface area contributed by atoms with E-state index in [1.807, 2.05) is 0 Å². The monoisotopic (exact) mass is 533 g/mol. The molecule has 0 aliphatic rings. The van der Waals surface area contributed by atoms with E-state index in [0.717, 1.165) is 64.2 Å². The highest BCUT2D eigenvalue weighted by atomic mass is 16.3. The van der Waals surface area contributed by atoms with Gasteiger partial charge in [0.2, 0.25) is 0 Å². The summed E-state index contributed by atoms with van der Waals surface area (Å²) in [6.07, 6.45) is 14.2. The zero-order chi connectivity index (χ0) is 29.1. The highest BCUT2D eigenvalue weighted by Gasteiger charge is 2.50.